The largest absolute Gasteiger partial charge is 0.459 e. The molecule has 1 aliphatic rings. The first-order valence-electron chi connectivity index (χ1n) is 8.42. The first-order chi connectivity index (χ1) is 11.8. The molecule has 0 spiro atoms. The van der Waals surface area contributed by atoms with E-state index in [1.54, 1.807) is 12.1 Å². The maximum atomic E-state index is 13.5. The lowest BCUT2D eigenvalue weighted by atomic mass is 10.1. The van der Waals surface area contributed by atoms with Crippen molar-refractivity contribution in [1.82, 2.24) is 9.80 Å². The summed E-state index contributed by atoms with van der Waals surface area (Å²) in [6.45, 7) is 9.74. The number of anilines is 1. The van der Waals surface area contributed by atoms with Crippen molar-refractivity contribution in [3.63, 3.8) is 0 Å². The summed E-state index contributed by atoms with van der Waals surface area (Å²) in [5.41, 5.74) is 0.664. The maximum absolute atomic E-state index is 13.5. The molecule has 1 fully saturated rings. The highest BCUT2D eigenvalue weighted by atomic mass is 19.1. The second kappa shape index (κ2) is 8.40. The quantitative estimate of drug-likeness (QED) is 0.626. The van der Waals surface area contributed by atoms with Crippen molar-refractivity contribution < 1.29 is 18.7 Å². The van der Waals surface area contributed by atoms with Crippen LogP contribution in [-0.2, 0) is 20.9 Å². The van der Waals surface area contributed by atoms with Gasteiger partial charge in [0.1, 0.15) is 11.4 Å². The Labute approximate surface area is 147 Å². The van der Waals surface area contributed by atoms with Crippen LogP contribution in [0.4, 0.5) is 10.1 Å². The molecule has 0 bridgehead atoms. The Morgan fingerprint density at radius 3 is 2.48 bits per heavy atom. The van der Waals surface area contributed by atoms with E-state index in [-0.39, 0.29) is 11.7 Å². The van der Waals surface area contributed by atoms with Gasteiger partial charge in [-0.05, 0) is 38.5 Å². The number of halogens is 1. The summed E-state index contributed by atoms with van der Waals surface area (Å²) >= 11 is 0. The zero-order valence-electron chi connectivity index (χ0n) is 15.0. The summed E-state index contributed by atoms with van der Waals surface area (Å²) < 4.78 is 18.9. The van der Waals surface area contributed by atoms with Gasteiger partial charge in [-0.2, -0.15) is 0 Å². The Kier molecular flexibility index (Phi) is 6.50. The van der Waals surface area contributed by atoms with E-state index in [1.807, 2.05) is 20.8 Å². The molecule has 2 rings (SSSR count). The molecule has 7 heteroatoms. The highest BCUT2D eigenvalue weighted by molar-refractivity contribution is 5.72. The first-order valence-corrected chi connectivity index (χ1v) is 8.42. The van der Waals surface area contributed by atoms with E-state index >= 15 is 0 Å². The zero-order chi connectivity index (χ0) is 18.4. The molecule has 1 aliphatic heterocycles. The highest BCUT2D eigenvalue weighted by Gasteiger charge is 2.22. The molecule has 1 heterocycles. The van der Waals surface area contributed by atoms with Crippen molar-refractivity contribution in [3.05, 3.63) is 29.6 Å². The molecule has 0 unspecified atom stereocenters. The van der Waals surface area contributed by atoms with Gasteiger partial charge in [-0.25, -0.2) is 4.39 Å². The number of carbonyl (C=O) groups is 2. The highest BCUT2D eigenvalue weighted by Crippen LogP contribution is 2.17. The lowest BCUT2D eigenvalue weighted by Gasteiger charge is -2.34. The number of amides is 1. The number of rotatable bonds is 6. The van der Waals surface area contributed by atoms with Crippen molar-refractivity contribution in [3.8, 4) is 0 Å². The van der Waals surface area contributed by atoms with E-state index in [0.29, 0.717) is 19.5 Å². The monoisotopic (exact) mass is 351 g/mol. The Morgan fingerprint density at radius 2 is 1.88 bits per heavy atom. The molecule has 1 amide bonds. The molecule has 0 radical (unpaired) electrons. The van der Waals surface area contributed by atoms with E-state index < -0.39 is 11.4 Å². The summed E-state index contributed by atoms with van der Waals surface area (Å²) in [5.74, 6) is -0.651. The van der Waals surface area contributed by atoms with E-state index in [4.69, 9.17) is 4.74 Å². The van der Waals surface area contributed by atoms with Crippen LogP contribution in [-0.4, -0.2) is 60.5 Å². The molecule has 1 N–H and O–H groups in total. The summed E-state index contributed by atoms with van der Waals surface area (Å²) in [6.07, 6.45) is 0.470. The minimum absolute atomic E-state index is 0.191. The van der Waals surface area contributed by atoms with Gasteiger partial charge in [-0.1, -0.05) is 6.07 Å². The van der Waals surface area contributed by atoms with E-state index in [0.717, 1.165) is 31.7 Å². The van der Waals surface area contributed by atoms with Crippen LogP contribution in [0.15, 0.2) is 18.2 Å². The van der Waals surface area contributed by atoms with Gasteiger partial charge in [0.05, 0.1) is 12.2 Å². The molecule has 0 aromatic heterocycles. The molecular formula is C18H26FN3O3. The van der Waals surface area contributed by atoms with Crippen molar-refractivity contribution in [2.45, 2.75) is 32.9 Å². The van der Waals surface area contributed by atoms with Gasteiger partial charge in [0.25, 0.3) is 0 Å². The van der Waals surface area contributed by atoms with E-state index in [1.165, 1.54) is 6.07 Å². The van der Waals surface area contributed by atoms with Crippen LogP contribution in [0.5, 0.6) is 0 Å². The Balaban J connectivity index is 1.81. The minimum Gasteiger partial charge on any atom is -0.459 e. The van der Waals surface area contributed by atoms with Crippen LogP contribution in [0, 0.1) is 5.82 Å². The molecule has 1 saturated heterocycles. The number of esters is 1. The number of nitrogens with zero attached hydrogens (tertiary/aromatic N) is 2. The fraction of sp³-hybridized carbons (Fsp3) is 0.556. The number of carbonyl (C=O) groups excluding carboxylic acids is 2. The second-order valence-electron chi connectivity index (χ2n) is 7.22. The summed E-state index contributed by atoms with van der Waals surface area (Å²) in [5, 5.41) is 2.37. The third kappa shape index (κ3) is 6.43. The predicted octanol–water partition coefficient (Wildman–Crippen LogP) is 1.85. The van der Waals surface area contributed by atoms with Crippen LogP contribution in [0.1, 0.15) is 26.3 Å². The van der Waals surface area contributed by atoms with Gasteiger partial charge in [-0.15, -0.1) is 0 Å². The van der Waals surface area contributed by atoms with Crippen molar-refractivity contribution >= 4 is 18.1 Å². The number of hydrogen-bond donors (Lipinski definition) is 1. The van der Waals surface area contributed by atoms with Gasteiger partial charge >= 0.3 is 5.97 Å². The summed E-state index contributed by atoms with van der Waals surface area (Å²) in [7, 11) is 0. The SMILES string of the molecule is CC(C)(C)OC(=O)CN1CCN(Cc2ccc(F)c(NC=O)c2)CC1. The number of hydrogen-bond acceptors (Lipinski definition) is 5. The van der Waals surface area contributed by atoms with Crippen LogP contribution in [0.25, 0.3) is 0 Å². The Hall–Kier alpha value is -1.99. The number of nitrogens with one attached hydrogen (secondary N) is 1. The normalized spacial score (nSPS) is 16.5. The first kappa shape index (κ1) is 19.3. The van der Waals surface area contributed by atoms with E-state index in [9.17, 15) is 14.0 Å². The standard InChI is InChI=1S/C18H26FN3O3/c1-18(2,3)25-17(24)12-22-8-6-21(7-9-22)11-14-4-5-15(19)16(10-14)20-13-23/h4-5,10,13H,6-9,11-12H2,1-3H3,(H,20,23). The molecule has 1 aromatic carbocycles. The van der Waals surface area contributed by atoms with Gasteiger partial charge in [0.2, 0.25) is 6.41 Å². The fourth-order valence-corrected chi connectivity index (χ4v) is 2.76. The summed E-state index contributed by atoms with van der Waals surface area (Å²) in [6, 6.07) is 4.73. The molecule has 1 aromatic rings. The number of ether oxygens (including phenoxy) is 1. The summed E-state index contributed by atoms with van der Waals surface area (Å²) in [4.78, 5) is 26.7. The van der Waals surface area contributed by atoms with Crippen molar-refractivity contribution in [1.29, 1.82) is 0 Å². The van der Waals surface area contributed by atoms with Crippen molar-refractivity contribution in [2.75, 3.05) is 38.0 Å². The van der Waals surface area contributed by atoms with Gasteiger partial charge < -0.3 is 10.1 Å². The van der Waals surface area contributed by atoms with Crippen molar-refractivity contribution in [2.24, 2.45) is 0 Å². The smallest absolute Gasteiger partial charge is 0.320 e. The molecule has 25 heavy (non-hydrogen) atoms. The second-order valence-corrected chi connectivity index (χ2v) is 7.22. The molecular weight excluding hydrogens is 325 g/mol. The lowest BCUT2D eigenvalue weighted by Crippen LogP contribution is -2.48. The maximum Gasteiger partial charge on any atom is 0.320 e. The van der Waals surface area contributed by atoms with Crippen LogP contribution >= 0.6 is 0 Å². The average Bonchev–Trinajstić information content (AvgIpc) is 2.51. The third-order valence-electron chi connectivity index (χ3n) is 3.89. The Bertz CT molecular complexity index is 608. The zero-order valence-corrected chi connectivity index (χ0v) is 15.0. The van der Waals surface area contributed by atoms with E-state index in [2.05, 4.69) is 15.1 Å². The predicted molar refractivity (Wildman–Crippen MR) is 93.6 cm³/mol. The average molecular weight is 351 g/mol. The third-order valence-corrected chi connectivity index (χ3v) is 3.89. The lowest BCUT2D eigenvalue weighted by molar-refractivity contribution is -0.156. The van der Waals surface area contributed by atoms with Crippen LogP contribution in [0.2, 0.25) is 0 Å². The number of piperazine rings is 1. The molecule has 0 atom stereocenters. The molecule has 6 nitrogen and oxygen atoms in total. The minimum atomic E-state index is -0.464. The Morgan fingerprint density at radius 1 is 1.24 bits per heavy atom. The van der Waals surface area contributed by atoms with Crippen LogP contribution < -0.4 is 5.32 Å². The molecule has 138 valence electrons. The van der Waals surface area contributed by atoms with Crippen LogP contribution in [0.3, 0.4) is 0 Å². The topological polar surface area (TPSA) is 61.9 Å². The molecule has 0 aliphatic carbocycles. The molecule has 0 saturated carbocycles. The fourth-order valence-electron chi connectivity index (χ4n) is 2.76. The number of benzene rings is 1. The van der Waals surface area contributed by atoms with Gasteiger partial charge in [0.15, 0.2) is 0 Å². The van der Waals surface area contributed by atoms with Gasteiger partial charge in [0, 0.05) is 32.7 Å². The van der Waals surface area contributed by atoms with Gasteiger partial charge in [-0.3, -0.25) is 19.4 Å².